The predicted octanol–water partition coefficient (Wildman–Crippen LogP) is 1.43. The van der Waals surface area contributed by atoms with Crippen molar-refractivity contribution < 1.29 is 9.90 Å². The molecule has 1 aromatic rings. The van der Waals surface area contributed by atoms with Gasteiger partial charge in [-0.25, -0.2) is 0 Å². The largest absolute Gasteiger partial charge is 0.379 e. The van der Waals surface area contributed by atoms with E-state index in [0.717, 1.165) is 22.1 Å². The average molecular weight is 360 g/mol. The van der Waals surface area contributed by atoms with Gasteiger partial charge >= 0.3 is 0 Å². The van der Waals surface area contributed by atoms with Crippen LogP contribution in [0.4, 0.5) is 0 Å². The van der Waals surface area contributed by atoms with Crippen molar-refractivity contribution in [2.45, 2.75) is 25.6 Å². The van der Waals surface area contributed by atoms with E-state index in [4.69, 9.17) is 0 Å². The highest BCUT2D eigenvalue weighted by Crippen LogP contribution is 2.15. The van der Waals surface area contributed by atoms with Gasteiger partial charge < -0.3 is 10.0 Å². The average Bonchev–Trinajstić information content (AvgIpc) is 2.76. The number of hydrogen-bond donors (Lipinski definition) is 2. The number of amides is 1. The van der Waals surface area contributed by atoms with Crippen LogP contribution in [0, 0.1) is 3.57 Å². The molecule has 18 heavy (non-hydrogen) atoms. The fourth-order valence-electron chi connectivity index (χ4n) is 2.20. The maximum Gasteiger partial charge on any atom is 0.253 e. The Hall–Kier alpha value is -0.660. The molecular formula is C13H17IN2O2. The lowest BCUT2D eigenvalue weighted by atomic mass is 10.2. The van der Waals surface area contributed by atoms with Gasteiger partial charge in [0.2, 0.25) is 0 Å². The Balaban J connectivity index is 1.97. The first-order valence-electron chi connectivity index (χ1n) is 6.05. The highest BCUT2D eigenvalue weighted by atomic mass is 127. The third-order valence-corrected chi connectivity index (χ3v) is 3.76. The van der Waals surface area contributed by atoms with Crippen molar-refractivity contribution in [1.82, 2.24) is 10.2 Å². The van der Waals surface area contributed by atoms with Crippen LogP contribution in [0.15, 0.2) is 24.3 Å². The monoisotopic (exact) mass is 360 g/mol. The fourth-order valence-corrected chi connectivity index (χ4v) is 2.56. The first-order chi connectivity index (χ1) is 8.56. The number of carbonyl (C=O) groups excluding carboxylic acids is 1. The number of nitrogens with zero attached hydrogens (tertiary/aromatic N) is 1. The molecule has 0 radical (unpaired) electrons. The Kier molecular flexibility index (Phi) is 4.58. The Morgan fingerprint density at radius 2 is 2.17 bits per heavy atom. The van der Waals surface area contributed by atoms with Crippen LogP contribution in [0.3, 0.4) is 0 Å². The first kappa shape index (κ1) is 13.8. The lowest BCUT2D eigenvalue weighted by molar-refractivity contribution is 0.0781. The second-order valence-electron chi connectivity index (χ2n) is 4.59. The summed E-state index contributed by atoms with van der Waals surface area (Å²) in [7, 11) is 0. The smallest absolute Gasteiger partial charge is 0.253 e. The fraction of sp³-hybridized carbons (Fsp3) is 0.462. The van der Waals surface area contributed by atoms with Gasteiger partial charge in [-0.1, -0.05) is 0 Å². The predicted molar refractivity (Wildman–Crippen MR) is 78.3 cm³/mol. The molecule has 4 nitrogen and oxygen atoms in total. The van der Waals surface area contributed by atoms with Gasteiger partial charge in [-0.3, -0.25) is 10.1 Å². The van der Waals surface area contributed by atoms with E-state index in [1.165, 1.54) is 0 Å². The molecule has 1 aliphatic heterocycles. The van der Waals surface area contributed by atoms with Crippen molar-refractivity contribution in [3.8, 4) is 0 Å². The summed E-state index contributed by atoms with van der Waals surface area (Å²) in [6.07, 6.45) is 0.365. The lowest BCUT2D eigenvalue weighted by Gasteiger charge is -2.18. The van der Waals surface area contributed by atoms with Gasteiger partial charge in [0.15, 0.2) is 0 Å². The zero-order valence-electron chi connectivity index (χ0n) is 10.3. The maximum absolute atomic E-state index is 12.2. The first-order valence-corrected chi connectivity index (χ1v) is 7.13. The second kappa shape index (κ2) is 5.99. The van der Waals surface area contributed by atoms with Gasteiger partial charge in [0.05, 0.1) is 0 Å². The zero-order valence-corrected chi connectivity index (χ0v) is 12.4. The van der Waals surface area contributed by atoms with Gasteiger partial charge in [-0.05, 0) is 60.2 Å². The van der Waals surface area contributed by atoms with Crippen molar-refractivity contribution in [2.75, 3.05) is 13.1 Å². The summed E-state index contributed by atoms with van der Waals surface area (Å²) in [6, 6.07) is 7.79. The van der Waals surface area contributed by atoms with E-state index < -0.39 is 6.23 Å². The molecule has 2 atom stereocenters. The standard InChI is InChI=1S/C13H17IN2O2/c1-9(17)15-12-6-7-16(8-12)13(18)10-2-4-11(14)5-3-10/h2-5,9,12,15,17H,6-8H2,1H3. The summed E-state index contributed by atoms with van der Waals surface area (Å²) in [5, 5.41) is 12.3. The molecule has 98 valence electrons. The number of nitrogens with one attached hydrogen (secondary N) is 1. The molecule has 2 unspecified atom stereocenters. The summed E-state index contributed by atoms with van der Waals surface area (Å²) in [6.45, 7) is 3.11. The summed E-state index contributed by atoms with van der Waals surface area (Å²) in [5.74, 6) is 0.0706. The van der Waals surface area contributed by atoms with Crippen LogP contribution in [-0.2, 0) is 0 Å². The normalized spacial score (nSPS) is 21.1. The van der Waals surface area contributed by atoms with Crippen LogP contribution in [-0.4, -0.2) is 41.3 Å². The molecule has 5 heteroatoms. The zero-order chi connectivity index (χ0) is 13.1. The summed E-state index contributed by atoms with van der Waals surface area (Å²) in [4.78, 5) is 14.1. The van der Waals surface area contributed by atoms with Crippen molar-refractivity contribution >= 4 is 28.5 Å². The molecule has 0 saturated carbocycles. The Labute approximate surface area is 121 Å². The van der Waals surface area contributed by atoms with E-state index >= 15 is 0 Å². The van der Waals surface area contributed by atoms with Crippen LogP contribution in [0.5, 0.6) is 0 Å². The second-order valence-corrected chi connectivity index (χ2v) is 5.83. The SMILES string of the molecule is CC(O)NC1CCN(C(=O)c2ccc(I)cc2)C1. The molecule has 0 bridgehead atoms. The van der Waals surface area contributed by atoms with Gasteiger partial charge in [-0.15, -0.1) is 0 Å². The van der Waals surface area contributed by atoms with Gasteiger partial charge in [0.25, 0.3) is 5.91 Å². The summed E-state index contributed by atoms with van der Waals surface area (Å²) >= 11 is 2.22. The number of rotatable bonds is 3. The number of benzene rings is 1. The number of halogens is 1. The topological polar surface area (TPSA) is 52.6 Å². The van der Waals surface area contributed by atoms with Crippen molar-refractivity contribution in [1.29, 1.82) is 0 Å². The third kappa shape index (κ3) is 3.43. The molecular weight excluding hydrogens is 343 g/mol. The lowest BCUT2D eigenvalue weighted by Crippen LogP contribution is -2.39. The van der Waals surface area contributed by atoms with E-state index in [9.17, 15) is 9.90 Å². The van der Waals surface area contributed by atoms with E-state index in [0.29, 0.717) is 6.54 Å². The van der Waals surface area contributed by atoms with E-state index in [-0.39, 0.29) is 11.9 Å². The number of carbonyl (C=O) groups is 1. The van der Waals surface area contributed by atoms with Crippen LogP contribution < -0.4 is 5.32 Å². The van der Waals surface area contributed by atoms with Crippen LogP contribution in [0.25, 0.3) is 0 Å². The Morgan fingerprint density at radius 3 is 2.78 bits per heavy atom. The molecule has 1 heterocycles. The molecule has 0 aliphatic carbocycles. The Bertz CT molecular complexity index is 420. The van der Waals surface area contributed by atoms with Gasteiger partial charge in [0.1, 0.15) is 6.23 Å². The van der Waals surface area contributed by atoms with Crippen LogP contribution in [0.1, 0.15) is 23.7 Å². The number of hydrogen-bond acceptors (Lipinski definition) is 3. The number of aliphatic hydroxyl groups is 1. The third-order valence-electron chi connectivity index (χ3n) is 3.04. The molecule has 0 aromatic heterocycles. The van der Waals surface area contributed by atoms with Gasteiger partial charge in [0, 0.05) is 28.3 Å². The molecule has 1 saturated heterocycles. The molecule has 1 aromatic carbocycles. The van der Waals surface area contributed by atoms with E-state index in [1.54, 1.807) is 6.92 Å². The molecule has 2 N–H and O–H groups in total. The van der Waals surface area contributed by atoms with Crippen molar-refractivity contribution in [3.05, 3.63) is 33.4 Å². The summed E-state index contributed by atoms with van der Waals surface area (Å²) in [5.41, 5.74) is 0.730. The minimum Gasteiger partial charge on any atom is -0.379 e. The summed E-state index contributed by atoms with van der Waals surface area (Å²) < 4.78 is 1.12. The van der Waals surface area contributed by atoms with E-state index in [1.807, 2.05) is 29.2 Å². The molecule has 2 rings (SSSR count). The van der Waals surface area contributed by atoms with Gasteiger partial charge in [-0.2, -0.15) is 0 Å². The maximum atomic E-state index is 12.2. The molecule has 1 fully saturated rings. The van der Waals surface area contributed by atoms with Crippen molar-refractivity contribution in [2.24, 2.45) is 0 Å². The highest BCUT2D eigenvalue weighted by Gasteiger charge is 2.27. The van der Waals surface area contributed by atoms with E-state index in [2.05, 4.69) is 27.9 Å². The van der Waals surface area contributed by atoms with Crippen molar-refractivity contribution in [3.63, 3.8) is 0 Å². The number of likely N-dealkylation sites (tertiary alicyclic amines) is 1. The highest BCUT2D eigenvalue weighted by molar-refractivity contribution is 14.1. The minimum atomic E-state index is -0.525. The molecule has 1 aliphatic rings. The molecule has 1 amide bonds. The minimum absolute atomic E-state index is 0.0706. The molecule has 0 spiro atoms. The quantitative estimate of drug-likeness (QED) is 0.634. The Morgan fingerprint density at radius 1 is 1.50 bits per heavy atom. The van der Waals surface area contributed by atoms with Crippen LogP contribution >= 0.6 is 22.6 Å². The number of aliphatic hydroxyl groups excluding tert-OH is 1. The van der Waals surface area contributed by atoms with Crippen LogP contribution in [0.2, 0.25) is 0 Å².